The molecular weight excluding hydrogens is 262 g/mol. The minimum absolute atomic E-state index is 0.0448. The van der Waals surface area contributed by atoms with Crippen molar-refractivity contribution in [3.63, 3.8) is 0 Å². The number of fused-ring (bicyclic) bond motifs is 3. The molecule has 1 heterocycles. The van der Waals surface area contributed by atoms with E-state index in [2.05, 4.69) is 4.98 Å². The Morgan fingerprint density at radius 3 is 2.33 bits per heavy atom. The average molecular weight is 279 g/mol. The molecule has 0 saturated carbocycles. The van der Waals surface area contributed by atoms with Crippen molar-refractivity contribution in [2.75, 3.05) is 0 Å². The lowest BCUT2D eigenvalue weighted by atomic mass is 9.96. The average Bonchev–Trinajstić information content (AvgIpc) is 2.81. The summed E-state index contributed by atoms with van der Waals surface area (Å²) >= 11 is 0. The third kappa shape index (κ3) is 1.97. The van der Waals surface area contributed by atoms with Gasteiger partial charge in [-0.25, -0.2) is 0 Å². The van der Waals surface area contributed by atoms with Crippen LogP contribution in [0.4, 0.5) is 0 Å². The van der Waals surface area contributed by atoms with E-state index in [-0.39, 0.29) is 11.6 Å². The van der Waals surface area contributed by atoms with Gasteiger partial charge in [-0.15, -0.1) is 0 Å². The van der Waals surface area contributed by atoms with Crippen molar-refractivity contribution in [3.05, 3.63) is 46.5 Å². The number of aryl methyl sites for hydroxylation is 2. The SMILES string of the molecule is CC(=O)c1ccc2[nH]c3c(C)cc(C(C)=O)c(C)c3c2c1. The van der Waals surface area contributed by atoms with Crippen LogP contribution >= 0.6 is 0 Å². The van der Waals surface area contributed by atoms with E-state index >= 15 is 0 Å². The first-order chi connectivity index (χ1) is 9.90. The molecule has 2 aromatic carbocycles. The molecule has 0 fully saturated rings. The zero-order chi connectivity index (χ0) is 15.3. The largest absolute Gasteiger partial charge is 0.354 e. The van der Waals surface area contributed by atoms with Crippen LogP contribution in [-0.2, 0) is 0 Å². The highest BCUT2D eigenvalue weighted by molar-refractivity contribution is 6.14. The summed E-state index contributed by atoms with van der Waals surface area (Å²) in [5.41, 5.74) is 5.47. The number of carbonyl (C=O) groups is 2. The molecule has 1 N–H and O–H groups in total. The van der Waals surface area contributed by atoms with E-state index < -0.39 is 0 Å². The molecule has 3 nitrogen and oxygen atoms in total. The van der Waals surface area contributed by atoms with Crippen LogP contribution in [0.2, 0.25) is 0 Å². The van der Waals surface area contributed by atoms with Gasteiger partial charge in [-0.3, -0.25) is 9.59 Å². The molecule has 0 radical (unpaired) electrons. The highest BCUT2D eigenvalue weighted by Crippen LogP contribution is 2.33. The molecule has 21 heavy (non-hydrogen) atoms. The van der Waals surface area contributed by atoms with Gasteiger partial charge >= 0.3 is 0 Å². The van der Waals surface area contributed by atoms with Crippen LogP contribution in [0.1, 0.15) is 45.7 Å². The molecule has 3 heteroatoms. The van der Waals surface area contributed by atoms with Crippen molar-refractivity contribution in [1.29, 1.82) is 0 Å². The fourth-order valence-electron chi connectivity index (χ4n) is 2.99. The summed E-state index contributed by atoms with van der Waals surface area (Å²) in [4.78, 5) is 26.8. The van der Waals surface area contributed by atoms with Gasteiger partial charge in [-0.2, -0.15) is 0 Å². The molecule has 0 saturated heterocycles. The summed E-state index contributed by atoms with van der Waals surface area (Å²) in [6.45, 7) is 7.11. The molecular formula is C18H17NO2. The van der Waals surface area contributed by atoms with E-state index in [1.165, 1.54) is 0 Å². The standard InChI is InChI=1S/C18H17NO2/c1-9-7-14(12(4)21)10(2)17-15-8-13(11(3)20)5-6-16(15)19-18(9)17/h5-8,19H,1-4H3. The molecule has 0 aliphatic heterocycles. The van der Waals surface area contributed by atoms with E-state index in [0.717, 1.165) is 38.5 Å². The smallest absolute Gasteiger partial charge is 0.160 e. The number of benzene rings is 2. The summed E-state index contributed by atoms with van der Waals surface area (Å²) < 4.78 is 0. The van der Waals surface area contributed by atoms with Gasteiger partial charge in [0.15, 0.2) is 11.6 Å². The minimum Gasteiger partial charge on any atom is -0.354 e. The summed E-state index contributed by atoms with van der Waals surface area (Å²) in [5, 5.41) is 2.04. The number of hydrogen-bond acceptors (Lipinski definition) is 2. The highest BCUT2D eigenvalue weighted by Gasteiger charge is 2.15. The van der Waals surface area contributed by atoms with Crippen molar-refractivity contribution in [1.82, 2.24) is 4.98 Å². The second kappa shape index (κ2) is 4.55. The number of aromatic nitrogens is 1. The van der Waals surface area contributed by atoms with E-state index in [1.807, 2.05) is 38.1 Å². The highest BCUT2D eigenvalue weighted by atomic mass is 16.1. The van der Waals surface area contributed by atoms with Gasteiger partial charge < -0.3 is 4.98 Å². The number of hydrogen-bond donors (Lipinski definition) is 1. The number of ketones is 2. The zero-order valence-corrected chi connectivity index (χ0v) is 12.6. The first kappa shape index (κ1) is 13.6. The van der Waals surface area contributed by atoms with Crippen molar-refractivity contribution in [2.45, 2.75) is 27.7 Å². The van der Waals surface area contributed by atoms with E-state index in [0.29, 0.717) is 5.56 Å². The van der Waals surface area contributed by atoms with Gasteiger partial charge in [-0.1, -0.05) is 0 Å². The number of carbonyl (C=O) groups excluding carboxylic acids is 2. The normalized spacial score (nSPS) is 11.2. The van der Waals surface area contributed by atoms with Crippen molar-refractivity contribution in [3.8, 4) is 0 Å². The molecule has 0 spiro atoms. The minimum atomic E-state index is 0.0448. The maximum Gasteiger partial charge on any atom is 0.160 e. The lowest BCUT2D eigenvalue weighted by Crippen LogP contribution is -1.98. The van der Waals surface area contributed by atoms with E-state index in [9.17, 15) is 9.59 Å². The number of rotatable bonds is 2. The molecule has 0 aliphatic carbocycles. The third-order valence-corrected chi connectivity index (χ3v) is 4.12. The van der Waals surface area contributed by atoms with E-state index in [1.54, 1.807) is 13.8 Å². The van der Waals surface area contributed by atoms with Crippen molar-refractivity contribution >= 4 is 33.4 Å². The Kier molecular flexibility index (Phi) is 2.94. The van der Waals surface area contributed by atoms with Gasteiger partial charge in [0, 0.05) is 32.9 Å². The summed E-state index contributed by atoms with van der Waals surface area (Å²) in [6.07, 6.45) is 0. The topological polar surface area (TPSA) is 49.9 Å². The fourth-order valence-corrected chi connectivity index (χ4v) is 2.99. The predicted molar refractivity (Wildman–Crippen MR) is 85.3 cm³/mol. The fraction of sp³-hybridized carbons (Fsp3) is 0.222. The zero-order valence-electron chi connectivity index (χ0n) is 12.6. The third-order valence-electron chi connectivity index (χ3n) is 4.12. The summed E-state index contributed by atoms with van der Waals surface area (Å²) in [7, 11) is 0. The molecule has 106 valence electrons. The molecule has 3 rings (SSSR count). The summed E-state index contributed by atoms with van der Waals surface area (Å²) in [5.74, 6) is 0.109. The quantitative estimate of drug-likeness (QED) is 0.709. The van der Waals surface area contributed by atoms with Gasteiger partial charge in [-0.05, 0) is 63.1 Å². The maximum absolute atomic E-state index is 11.8. The molecule has 3 aromatic rings. The van der Waals surface area contributed by atoms with Gasteiger partial charge in [0.25, 0.3) is 0 Å². The van der Waals surface area contributed by atoms with Gasteiger partial charge in [0.05, 0.1) is 0 Å². The van der Waals surface area contributed by atoms with Crippen LogP contribution in [0.25, 0.3) is 21.8 Å². The molecule has 0 unspecified atom stereocenters. The molecule has 0 bridgehead atoms. The Morgan fingerprint density at radius 2 is 1.71 bits per heavy atom. The van der Waals surface area contributed by atoms with Crippen LogP contribution in [0, 0.1) is 13.8 Å². The second-order valence-electron chi connectivity index (χ2n) is 5.61. The Hall–Kier alpha value is -2.42. The monoisotopic (exact) mass is 279 g/mol. The van der Waals surface area contributed by atoms with Crippen molar-refractivity contribution < 1.29 is 9.59 Å². The first-order valence-corrected chi connectivity index (χ1v) is 6.97. The molecule has 0 atom stereocenters. The summed E-state index contributed by atoms with van der Waals surface area (Å²) in [6, 6.07) is 7.60. The number of H-pyrrole nitrogens is 1. The van der Waals surface area contributed by atoms with Crippen LogP contribution < -0.4 is 0 Å². The van der Waals surface area contributed by atoms with Gasteiger partial charge in [0.2, 0.25) is 0 Å². The van der Waals surface area contributed by atoms with Crippen LogP contribution in [0.3, 0.4) is 0 Å². The predicted octanol–water partition coefficient (Wildman–Crippen LogP) is 4.34. The number of Topliss-reactive ketones (excluding diaryl/α,β-unsaturated/α-hetero) is 2. The lowest BCUT2D eigenvalue weighted by molar-refractivity contribution is 0.100. The van der Waals surface area contributed by atoms with Crippen LogP contribution in [0.15, 0.2) is 24.3 Å². The van der Waals surface area contributed by atoms with Crippen LogP contribution in [-0.4, -0.2) is 16.6 Å². The van der Waals surface area contributed by atoms with Gasteiger partial charge in [0.1, 0.15) is 0 Å². The Morgan fingerprint density at radius 1 is 1.00 bits per heavy atom. The number of nitrogens with one attached hydrogen (secondary N) is 1. The number of aromatic amines is 1. The molecule has 1 aromatic heterocycles. The second-order valence-corrected chi connectivity index (χ2v) is 5.61. The lowest BCUT2D eigenvalue weighted by Gasteiger charge is -2.07. The molecule has 0 aliphatic rings. The Balaban J connectivity index is 2.51. The molecule has 0 amide bonds. The van der Waals surface area contributed by atoms with Crippen LogP contribution in [0.5, 0.6) is 0 Å². The van der Waals surface area contributed by atoms with E-state index in [4.69, 9.17) is 0 Å². The van der Waals surface area contributed by atoms with Crippen molar-refractivity contribution in [2.24, 2.45) is 0 Å². The first-order valence-electron chi connectivity index (χ1n) is 6.97. The Bertz CT molecular complexity index is 916. The Labute approximate surface area is 123 Å². The maximum atomic E-state index is 11.8.